The molecule has 0 unspecified atom stereocenters. The Kier molecular flexibility index (Phi) is 5.05. The van der Waals surface area contributed by atoms with Gasteiger partial charge in [0.2, 0.25) is 0 Å². The van der Waals surface area contributed by atoms with E-state index in [9.17, 15) is 4.79 Å². The van der Waals surface area contributed by atoms with E-state index < -0.39 is 5.97 Å². The molecule has 2 rings (SSSR count). The Morgan fingerprint density at radius 2 is 2.05 bits per heavy atom. The Morgan fingerprint density at radius 3 is 2.67 bits per heavy atom. The third kappa shape index (κ3) is 3.88. The summed E-state index contributed by atoms with van der Waals surface area (Å²) >= 11 is 1.44. The molecule has 0 fully saturated rings. The Labute approximate surface area is 127 Å². The smallest absolute Gasteiger partial charge is 0.340 e. The average molecular weight is 304 g/mol. The second-order valence-corrected chi connectivity index (χ2v) is 5.20. The highest BCUT2D eigenvalue weighted by molar-refractivity contribution is 7.99. The summed E-state index contributed by atoms with van der Waals surface area (Å²) in [6.45, 7) is 2.06. The Balaban J connectivity index is 2.20. The average Bonchev–Trinajstić information content (AvgIpc) is 2.50. The van der Waals surface area contributed by atoms with E-state index in [2.05, 4.69) is 4.98 Å². The van der Waals surface area contributed by atoms with Crippen LogP contribution in [0.1, 0.15) is 17.3 Å². The van der Waals surface area contributed by atoms with Gasteiger partial charge in [0.15, 0.2) is 0 Å². The fourth-order valence-electron chi connectivity index (χ4n) is 1.65. The molecule has 0 radical (unpaired) electrons. The highest BCUT2D eigenvalue weighted by Crippen LogP contribution is 2.29. The van der Waals surface area contributed by atoms with Crippen molar-refractivity contribution in [3.8, 4) is 5.75 Å². The zero-order chi connectivity index (χ0) is 15.2. The summed E-state index contributed by atoms with van der Waals surface area (Å²) < 4.78 is 10.1. The van der Waals surface area contributed by atoms with E-state index in [1.807, 2.05) is 24.3 Å². The van der Waals surface area contributed by atoms with Crippen molar-refractivity contribution in [3.05, 3.63) is 42.1 Å². The molecule has 6 heteroatoms. The normalized spacial score (nSPS) is 10.2. The van der Waals surface area contributed by atoms with E-state index in [-0.39, 0.29) is 0 Å². The summed E-state index contributed by atoms with van der Waals surface area (Å²) in [5.74, 6) is 0.353. The minimum absolute atomic E-state index is 0.307. The molecule has 0 aliphatic rings. The minimum Gasteiger partial charge on any atom is -0.497 e. The maximum Gasteiger partial charge on any atom is 0.340 e. The lowest BCUT2D eigenvalue weighted by Gasteiger charge is -2.07. The monoisotopic (exact) mass is 304 g/mol. The summed E-state index contributed by atoms with van der Waals surface area (Å²) in [5, 5.41) is 0.678. The standard InChI is InChI=1S/C15H16N2O3S/c1-3-20-15(18)12-8-14(17-9-13(12)16)21-11-6-4-10(19-2)5-7-11/h4-9H,3,16H2,1-2H3. The maximum absolute atomic E-state index is 11.8. The van der Waals surface area contributed by atoms with Gasteiger partial charge in [0.05, 0.1) is 31.2 Å². The van der Waals surface area contributed by atoms with Crippen LogP contribution in [0, 0.1) is 0 Å². The fourth-order valence-corrected chi connectivity index (χ4v) is 2.45. The molecule has 0 atom stereocenters. The van der Waals surface area contributed by atoms with Crippen LogP contribution in [0.25, 0.3) is 0 Å². The van der Waals surface area contributed by atoms with E-state index in [0.29, 0.717) is 22.9 Å². The largest absolute Gasteiger partial charge is 0.497 e. The van der Waals surface area contributed by atoms with Gasteiger partial charge < -0.3 is 15.2 Å². The number of nitrogens with zero attached hydrogens (tertiary/aromatic N) is 1. The lowest BCUT2D eigenvalue weighted by atomic mass is 10.2. The lowest BCUT2D eigenvalue weighted by molar-refractivity contribution is 0.0527. The number of aromatic nitrogens is 1. The summed E-state index contributed by atoms with van der Waals surface area (Å²) in [5.41, 5.74) is 6.41. The topological polar surface area (TPSA) is 74.4 Å². The van der Waals surface area contributed by atoms with E-state index in [1.165, 1.54) is 18.0 Å². The molecule has 0 aliphatic heterocycles. The summed E-state index contributed by atoms with van der Waals surface area (Å²) in [4.78, 5) is 17.0. The van der Waals surface area contributed by atoms with Gasteiger partial charge >= 0.3 is 5.97 Å². The number of carbonyl (C=O) groups excluding carboxylic acids is 1. The van der Waals surface area contributed by atoms with Gasteiger partial charge in [-0.3, -0.25) is 0 Å². The second kappa shape index (κ2) is 6.99. The third-order valence-corrected chi connectivity index (χ3v) is 3.63. The van der Waals surface area contributed by atoms with Gasteiger partial charge in [0.1, 0.15) is 10.8 Å². The predicted molar refractivity (Wildman–Crippen MR) is 81.7 cm³/mol. The van der Waals surface area contributed by atoms with Gasteiger partial charge in [-0.25, -0.2) is 9.78 Å². The van der Waals surface area contributed by atoms with Gasteiger partial charge in [-0.15, -0.1) is 0 Å². The van der Waals surface area contributed by atoms with Crippen LogP contribution in [0.4, 0.5) is 5.69 Å². The number of benzene rings is 1. The molecule has 5 nitrogen and oxygen atoms in total. The molecular weight excluding hydrogens is 288 g/mol. The first-order valence-corrected chi connectivity index (χ1v) is 7.20. The van der Waals surface area contributed by atoms with Crippen molar-refractivity contribution in [1.29, 1.82) is 0 Å². The zero-order valence-corrected chi connectivity index (χ0v) is 12.6. The van der Waals surface area contributed by atoms with Crippen LogP contribution in [0.2, 0.25) is 0 Å². The summed E-state index contributed by atoms with van der Waals surface area (Å²) in [6, 6.07) is 9.22. The van der Waals surface area contributed by atoms with Crippen LogP contribution < -0.4 is 10.5 Å². The number of nitrogens with two attached hydrogens (primary N) is 1. The molecule has 0 amide bonds. The first-order chi connectivity index (χ1) is 10.1. The summed E-state index contributed by atoms with van der Waals surface area (Å²) in [6.07, 6.45) is 1.47. The molecule has 0 bridgehead atoms. The number of hydrogen-bond acceptors (Lipinski definition) is 6. The minimum atomic E-state index is -0.436. The Hall–Kier alpha value is -2.21. The number of ether oxygens (including phenoxy) is 2. The van der Waals surface area contributed by atoms with Crippen molar-refractivity contribution in [1.82, 2.24) is 4.98 Å². The number of methoxy groups -OCH3 is 1. The molecule has 0 saturated heterocycles. The molecule has 21 heavy (non-hydrogen) atoms. The molecule has 110 valence electrons. The van der Waals surface area contributed by atoms with Gasteiger partial charge in [0.25, 0.3) is 0 Å². The van der Waals surface area contributed by atoms with E-state index in [1.54, 1.807) is 20.1 Å². The molecular formula is C15H16N2O3S. The van der Waals surface area contributed by atoms with Crippen molar-refractivity contribution in [2.24, 2.45) is 0 Å². The van der Waals surface area contributed by atoms with Crippen molar-refractivity contribution in [3.63, 3.8) is 0 Å². The van der Waals surface area contributed by atoms with Crippen LogP contribution >= 0.6 is 11.8 Å². The number of hydrogen-bond donors (Lipinski definition) is 1. The van der Waals surface area contributed by atoms with Crippen LogP contribution in [0.15, 0.2) is 46.5 Å². The molecule has 0 spiro atoms. The second-order valence-electron chi connectivity index (χ2n) is 4.11. The van der Waals surface area contributed by atoms with Crippen molar-refractivity contribution in [2.75, 3.05) is 19.5 Å². The van der Waals surface area contributed by atoms with Gasteiger partial charge in [-0.2, -0.15) is 0 Å². The molecule has 1 aromatic carbocycles. The number of esters is 1. The van der Waals surface area contributed by atoms with E-state index in [0.717, 1.165) is 10.6 Å². The molecule has 2 N–H and O–H groups in total. The SMILES string of the molecule is CCOC(=O)c1cc(Sc2ccc(OC)cc2)ncc1N. The highest BCUT2D eigenvalue weighted by atomic mass is 32.2. The predicted octanol–water partition coefficient (Wildman–Crippen LogP) is 3.00. The van der Waals surface area contributed by atoms with Crippen LogP contribution in [-0.2, 0) is 4.74 Å². The molecule has 2 aromatic rings. The quantitative estimate of drug-likeness (QED) is 0.856. The fraction of sp³-hybridized carbons (Fsp3) is 0.200. The zero-order valence-electron chi connectivity index (χ0n) is 11.8. The van der Waals surface area contributed by atoms with Crippen molar-refractivity contribution in [2.45, 2.75) is 16.8 Å². The van der Waals surface area contributed by atoms with Crippen LogP contribution in [0.5, 0.6) is 5.75 Å². The van der Waals surface area contributed by atoms with Gasteiger partial charge in [0, 0.05) is 4.90 Å². The van der Waals surface area contributed by atoms with E-state index in [4.69, 9.17) is 15.2 Å². The van der Waals surface area contributed by atoms with Gasteiger partial charge in [-0.05, 0) is 37.3 Å². The Morgan fingerprint density at radius 1 is 1.33 bits per heavy atom. The van der Waals surface area contributed by atoms with Crippen molar-refractivity contribution >= 4 is 23.4 Å². The van der Waals surface area contributed by atoms with Gasteiger partial charge in [-0.1, -0.05) is 11.8 Å². The summed E-state index contributed by atoms with van der Waals surface area (Å²) in [7, 11) is 1.62. The van der Waals surface area contributed by atoms with E-state index >= 15 is 0 Å². The maximum atomic E-state index is 11.8. The molecule has 1 aromatic heterocycles. The third-order valence-electron chi connectivity index (χ3n) is 2.69. The van der Waals surface area contributed by atoms with Crippen LogP contribution in [0.3, 0.4) is 0 Å². The molecule has 1 heterocycles. The number of pyridine rings is 1. The number of carbonyl (C=O) groups is 1. The first kappa shape index (κ1) is 15.2. The van der Waals surface area contributed by atoms with Crippen molar-refractivity contribution < 1.29 is 14.3 Å². The van der Waals surface area contributed by atoms with Crippen LogP contribution in [-0.4, -0.2) is 24.7 Å². The molecule has 0 aliphatic carbocycles. The highest BCUT2D eigenvalue weighted by Gasteiger charge is 2.13. The number of nitrogen functional groups attached to an aromatic ring is 1. The number of anilines is 1. The Bertz CT molecular complexity index is 629. The first-order valence-electron chi connectivity index (χ1n) is 6.38. The molecule has 0 saturated carbocycles. The lowest BCUT2D eigenvalue weighted by Crippen LogP contribution is -2.08. The number of rotatable bonds is 5.